The van der Waals surface area contributed by atoms with Crippen LogP contribution in [0.3, 0.4) is 0 Å². The number of hydrogen-bond donors (Lipinski definition) is 0. The number of carbonyl (C=O) groups is 1. The molecule has 0 bridgehead atoms. The lowest BCUT2D eigenvalue weighted by molar-refractivity contribution is -0.131. The van der Waals surface area contributed by atoms with Crippen molar-refractivity contribution in [2.75, 3.05) is 13.4 Å². The summed E-state index contributed by atoms with van der Waals surface area (Å²) in [6.07, 6.45) is 2.75. The Balaban J connectivity index is 1.71. The number of carbonyl (C=O) groups excluding carboxylic acids is 1. The first-order valence-electron chi connectivity index (χ1n) is 7.96. The van der Waals surface area contributed by atoms with Gasteiger partial charge in [0.2, 0.25) is 11.5 Å². The average Bonchev–Trinajstić information content (AvgIpc) is 2.56. The molecule has 1 saturated carbocycles. The molecule has 1 heterocycles. The van der Waals surface area contributed by atoms with Crippen LogP contribution in [-0.4, -0.2) is 39.8 Å². The quantitative estimate of drug-likeness (QED) is 0.735. The number of allylic oxidation sites excluding steroid dienone is 1. The number of benzene rings is 1. The molecule has 7 nitrogen and oxygen atoms in total. The first-order valence-corrected chi connectivity index (χ1v) is 9.78. The zero-order chi connectivity index (χ0) is 18.0. The fourth-order valence-corrected chi connectivity index (χ4v) is 3.83. The van der Waals surface area contributed by atoms with Crippen LogP contribution < -0.4 is 9.47 Å². The van der Waals surface area contributed by atoms with Crippen LogP contribution in [0, 0.1) is 5.92 Å². The highest BCUT2D eigenvalue weighted by Crippen LogP contribution is 2.36. The van der Waals surface area contributed by atoms with Crippen LogP contribution in [0.5, 0.6) is 11.5 Å². The summed E-state index contributed by atoms with van der Waals surface area (Å²) < 4.78 is 44.1. The van der Waals surface area contributed by atoms with Gasteiger partial charge < -0.3 is 14.2 Å². The van der Waals surface area contributed by atoms with Crippen molar-refractivity contribution in [2.24, 2.45) is 5.92 Å². The Bertz CT molecular complexity index is 784. The third kappa shape index (κ3) is 4.13. The fraction of sp³-hybridized carbons (Fsp3) is 0.471. The second kappa shape index (κ2) is 7.05. The number of ether oxygens (including phenoxy) is 3. The van der Waals surface area contributed by atoms with Crippen LogP contribution >= 0.6 is 0 Å². The summed E-state index contributed by atoms with van der Waals surface area (Å²) in [6, 6.07) is 7.03. The van der Waals surface area contributed by atoms with Crippen molar-refractivity contribution in [1.82, 2.24) is 0 Å². The Labute approximate surface area is 146 Å². The largest absolute Gasteiger partial charge is 0.493 e. The zero-order valence-electron chi connectivity index (χ0n) is 14.0. The van der Waals surface area contributed by atoms with Gasteiger partial charge in [-0.05, 0) is 25.0 Å². The second-order valence-electron chi connectivity index (χ2n) is 6.12. The molecule has 136 valence electrons. The van der Waals surface area contributed by atoms with E-state index in [1.54, 1.807) is 24.3 Å². The Morgan fingerprint density at radius 2 is 1.88 bits per heavy atom. The highest BCUT2D eigenvalue weighted by Gasteiger charge is 2.42. The molecule has 1 aromatic carbocycles. The van der Waals surface area contributed by atoms with Crippen LogP contribution in [0.15, 0.2) is 36.3 Å². The second-order valence-corrected chi connectivity index (χ2v) is 7.72. The van der Waals surface area contributed by atoms with Gasteiger partial charge in [-0.25, -0.2) is 0 Å². The van der Waals surface area contributed by atoms with E-state index >= 15 is 0 Å². The van der Waals surface area contributed by atoms with Crippen molar-refractivity contribution in [3.8, 4) is 11.5 Å². The smallest absolute Gasteiger partial charge is 0.264 e. The lowest BCUT2D eigenvalue weighted by Gasteiger charge is -2.36. The predicted molar refractivity (Wildman–Crippen MR) is 88.6 cm³/mol. The number of para-hydroxylation sites is 2. The molecule has 25 heavy (non-hydrogen) atoms. The Kier molecular flexibility index (Phi) is 5.01. The monoisotopic (exact) mass is 368 g/mol. The maximum atomic E-state index is 12.7. The van der Waals surface area contributed by atoms with Gasteiger partial charge in [-0.15, -0.1) is 0 Å². The topological polar surface area (TPSA) is 88.1 Å². The molecule has 0 N–H and O–H groups in total. The summed E-state index contributed by atoms with van der Waals surface area (Å²) in [7, 11) is -2.01. The van der Waals surface area contributed by atoms with Crippen LogP contribution in [-0.2, 0) is 23.8 Å². The minimum absolute atomic E-state index is 0.119. The van der Waals surface area contributed by atoms with E-state index in [-0.39, 0.29) is 17.5 Å². The van der Waals surface area contributed by atoms with E-state index in [1.807, 2.05) is 0 Å². The molecular weight excluding hydrogens is 348 g/mol. The van der Waals surface area contributed by atoms with E-state index in [2.05, 4.69) is 0 Å². The highest BCUT2D eigenvalue weighted by atomic mass is 32.2. The van der Waals surface area contributed by atoms with Crippen LogP contribution in [0.25, 0.3) is 0 Å². The molecule has 0 aromatic heterocycles. The van der Waals surface area contributed by atoms with Gasteiger partial charge in [0.1, 0.15) is 12.4 Å². The van der Waals surface area contributed by atoms with Crippen molar-refractivity contribution in [3.05, 3.63) is 36.3 Å². The van der Waals surface area contributed by atoms with Gasteiger partial charge in [-0.2, -0.15) is 8.42 Å². The zero-order valence-corrected chi connectivity index (χ0v) is 14.8. The standard InChI is InChI=1S/C17H20O7S/c1-21-13-5-3-4-6-14(13)23-16-10-22-15-9-11(24-25(2,19)20)7-8-12(15)17(16)18/h3-6,10-12,15H,7-9H2,1-2H3. The lowest BCUT2D eigenvalue weighted by atomic mass is 9.80. The van der Waals surface area contributed by atoms with Gasteiger partial charge in [0.15, 0.2) is 11.5 Å². The molecule has 2 aliphatic rings. The molecule has 0 radical (unpaired) electrons. The molecule has 3 atom stereocenters. The van der Waals surface area contributed by atoms with Gasteiger partial charge in [-0.1, -0.05) is 12.1 Å². The molecule has 8 heteroatoms. The fourth-order valence-electron chi connectivity index (χ4n) is 3.16. The number of methoxy groups -OCH3 is 1. The molecule has 1 fully saturated rings. The summed E-state index contributed by atoms with van der Waals surface area (Å²) in [4.78, 5) is 12.7. The van der Waals surface area contributed by atoms with Crippen molar-refractivity contribution >= 4 is 15.9 Å². The number of fused-ring (bicyclic) bond motifs is 1. The van der Waals surface area contributed by atoms with E-state index in [9.17, 15) is 13.2 Å². The molecule has 0 saturated heterocycles. The van der Waals surface area contributed by atoms with Crippen LogP contribution in [0.4, 0.5) is 0 Å². The molecular formula is C17H20O7S. The van der Waals surface area contributed by atoms with Crippen molar-refractivity contribution in [3.63, 3.8) is 0 Å². The third-order valence-corrected chi connectivity index (χ3v) is 4.89. The SMILES string of the molecule is COc1ccccc1OC1=COC2CC(OS(C)(=O)=O)CCC2C1=O. The molecule has 1 aromatic rings. The normalized spacial score (nSPS) is 26.2. The predicted octanol–water partition coefficient (Wildman–Crippen LogP) is 2.03. The molecule has 0 spiro atoms. The molecule has 3 rings (SSSR count). The van der Waals surface area contributed by atoms with Gasteiger partial charge >= 0.3 is 0 Å². The summed E-state index contributed by atoms with van der Waals surface area (Å²) in [5.41, 5.74) is 0. The molecule has 1 aliphatic carbocycles. The van der Waals surface area contributed by atoms with Crippen LogP contribution in [0.2, 0.25) is 0 Å². The van der Waals surface area contributed by atoms with Gasteiger partial charge in [0, 0.05) is 6.42 Å². The minimum atomic E-state index is -3.53. The Morgan fingerprint density at radius 3 is 2.56 bits per heavy atom. The number of Topliss-reactive ketones (excluding diaryl/α,β-unsaturated/α-hetero) is 1. The lowest BCUT2D eigenvalue weighted by Crippen LogP contribution is -2.42. The third-order valence-electron chi connectivity index (χ3n) is 4.27. The molecule has 1 aliphatic heterocycles. The maximum absolute atomic E-state index is 12.7. The van der Waals surface area contributed by atoms with E-state index in [4.69, 9.17) is 18.4 Å². The van der Waals surface area contributed by atoms with Gasteiger partial charge in [-0.3, -0.25) is 8.98 Å². The first-order chi connectivity index (χ1) is 11.9. The van der Waals surface area contributed by atoms with Crippen molar-refractivity contribution in [1.29, 1.82) is 0 Å². The molecule has 0 amide bonds. The minimum Gasteiger partial charge on any atom is -0.493 e. The van der Waals surface area contributed by atoms with E-state index in [0.717, 1.165) is 6.26 Å². The van der Waals surface area contributed by atoms with Crippen molar-refractivity contribution < 1.29 is 31.6 Å². The van der Waals surface area contributed by atoms with Crippen molar-refractivity contribution in [2.45, 2.75) is 31.5 Å². The summed E-state index contributed by atoms with van der Waals surface area (Å²) >= 11 is 0. The Hall–Kier alpha value is -2.06. The average molecular weight is 368 g/mol. The maximum Gasteiger partial charge on any atom is 0.264 e. The first kappa shape index (κ1) is 17.8. The summed E-state index contributed by atoms with van der Waals surface area (Å²) in [5, 5.41) is 0. The van der Waals surface area contributed by atoms with Gasteiger partial charge in [0.05, 0.1) is 25.4 Å². The van der Waals surface area contributed by atoms with E-state index in [0.29, 0.717) is 30.8 Å². The van der Waals surface area contributed by atoms with E-state index < -0.39 is 22.3 Å². The Morgan fingerprint density at radius 1 is 1.16 bits per heavy atom. The summed E-state index contributed by atoms with van der Waals surface area (Å²) in [6.45, 7) is 0. The number of ketones is 1. The molecule has 3 unspecified atom stereocenters. The van der Waals surface area contributed by atoms with Gasteiger partial charge in [0.25, 0.3) is 10.1 Å². The number of rotatable bonds is 5. The summed E-state index contributed by atoms with van der Waals surface area (Å²) in [5.74, 6) is 0.548. The van der Waals surface area contributed by atoms with E-state index in [1.165, 1.54) is 13.4 Å². The number of hydrogen-bond acceptors (Lipinski definition) is 7. The van der Waals surface area contributed by atoms with Crippen LogP contribution in [0.1, 0.15) is 19.3 Å². The highest BCUT2D eigenvalue weighted by molar-refractivity contribution is 7.86.